The highest BCUT2D eigenvalue weighted by molar-refractivity contribution is 5.88. The summed E-state index contributed by atoms with van der Waals surface area (Å²) >= 11 is 0. The number of nitrogens with zero attached hydrogens (tertiary/aromatic N) is 3. The molecule has 0 N–H and O–H groups in total. The lowest BCUT2D eigenvalue weighted by atomic mass is 9.56. The van der Waals surface area contributed by atoms with Crippen LogP contribution in [0.5, 0.6) is 5.75 Å². The Hall–Kier alpha value is -3.55. The highest BCUT2D eigenvalue weighted by Crippen LogP contribution is 2.55. The zero-order chi connectivity index (χ0) is 30.1. The maximum Gasteiger partial charge on any atom is 0.417 e. The van der Waals surface area contributed by atoms with Gasteiger partial charge < -0.3 is 14.2 Å². The molecule has 4 aliphatic rings. The number of fused-ring (bicyclic) bond motifs is 1. The molecule has 1 spiro atoms. The summed E-state index contributed by atoms with van der Waals surface area (Å²) in [6.07, 6.45) is 6.61. The summed E-state index contributed by atoms with van der Waals surface area (Å²) in [5.41, 5.74) is 4.28. The van der Waals surface area contributed by atoms with Gasteiger partial charge in [-0.05, 0) is 107 Å². The quantitative estimate of drug-likeness (QED) is 0.211. The molecule has 3 aliphatic carbocycles. The van der Waals surface area contributed by atoms with E-state index in [1.54, 1.807) is 6.07 Å². The van der Waals surface area contributed by atoms with Gasteiger partial charge in [0.05, 0.1) is 17.2 Å². The van der Waals surface area contributed by atoms with Gasteiger partial charge in [0.2, 0.25) is 0 Å². The fourth-order valence-corrected chi connectivity index (χ4v) is 7.85. The van der Waals surface area contributed by atoms with Crippen molar-refractivity contribution in [3.8, 4) is 17.0 Å². The van der Waals surface area contributed by atoms with Crippen LogP contribution < -0.4 is 9.64 Å². The van der Waals surface area contributed by atoms with Gasteiger partial charge in [0.1, 0.15) is 17.2 Å². The number of pyridine rings is 1. The first-order chi connectivity index (χ1) is 21.2. The Balaban J connectivity index is 0.960. The van der Waals surface area contributed by atoms with Crippen molar-refractivity contribution < 1.29 is 22.4 Å². The molecule has 0 bridgehead atoms. The van der Waals surface area contributed by atoms with Crippen LogP contribution in [0, 0.1) is 18.3 Å². The molecule has 8 rings (SSSR count). The number of halogens is 3. The summed E-state index contributed by atoms with van der Waals surface area (Å²) in [5, 5.41) is 5.33. The van der Waals surface area contributed by atoms with Gasteiger partial charge >= 0.3 is 6.18 Å². The molecular weight excluding hydrogens is 563 g/mol. The van der Waals surface area contributed by atoms with Crippen molar-refractivity contribution in [3.05, 3.63) is 71.1 Å². The molecule has 2 aromatic heterocycles. The Morgan fingerprint density at radius 2 is 1.77 bits per heavy atom. The van der Waals surface area contributed by atoms with Gasteiger partial charge in [-0.15, -0.1) is 0 Å². The van der Waals surface area contributed by atoms with E-state index >= 15 is 0 Å². The van der Waals surface area contributed by atoms with Crippen LogP contribution in [-0.2, 0) is 12.6 Å². The van der Waals surface area contributed by atoms with E-state index < -0.39 is 11.7 Å². The van der Waals surface area contributed by atoms with Crippen molar-refractivity contribution in [3.63, 3.8) is 0 Å². The SMILES string of the molecule is Cc1cc(OC2CCC2)c2cc(N3CCC4(CC3)CC(Cc3c(-c5ccccc5C(F)(F)F)noc3C3CC3)C4)ccc2n1. The van der Waals surface area contributed by atoms with Crippen LogP contribution in [-0.4, -0.2) is 29.3 Å². The van der Waals surface area contributed by atoms with Gasteiger partial charge in [-0.2, -0.15) is 13.2 Å². The Morgan fingerprint density at radius 3 is 2.48 bits per heavy atom. The predicted molar refractivity (Wildman–Crippen MR) is 164 cm³/mol. The third kappa shape index (κ3) is 5.14. The average molecular weight is 602 g/mol. The van der Waals surface area contributed by atoms with Crippen molar-refractivity contribution in [1.82, 2.24) is 10.1 Å². The molecule has 3 saturated carbocycles. The molecule has 0 atom stereocenters. The molecule has 1 saturated heterocycles. The first-order valence-electron chi connectivity index (χ1n) is 16.2. The fraction of sp³-hybridized carbons (Fsp3) is 0.500. The van der Waals surface area contributed by atoms with Crippen molar-refractivity contribution in [2.75, 3.05) is 18.0 Å². The summed E-state index contributed by atoms with van der Waals surface area (Å²) in [6, 6.07) is 14.4. The number of benzene rings is 2. The van der Waals surface area contributed by atoms with E-state index in [0.29, 0.717) is 29.0 Å². The van der Waals surface area contributed by atoms with Crippen LogP contribution in [0.1, 0.15) is 86.3 Å². The Kier molecular flexibility index (Phi) is 6.69. The van der Waals surface area contributed by atoms with Crippen molar-refractivity contribution in [2.45, 2.75) is 89.3 Å². The molecule has 1 aliphatic heterocycles. The van der Waals surface area contributed by atoms with Gasteiger partial charge in [-0.25, -0.2) is 0 Å². The number of piperidine rings is 1. The summed E-state index contributed by atoms with van der Waals surface area (Å²) in [4.78, 5) is 7.24. The minimum atomic E-state index is -4.44. The largest absolute Gasteiger partial charge is 0.490 e. The molecule has 5 nitrogen and oxygen atoms in total. The first-order valence-corrected chi connectivity index (χ1v) is 16.2. The molecule has 230 valence electrons. The van der Waals surface area contributed by atoms with Gasteiger partial charge in [0.25, 0.3) is 0 Å². The standard InChI is InChI=1S/C36H38F3N3O2/c1-22-17-32(43-26-5-4-6-26)28-19-25(11-12-31(28)40-22)42-15-13-35(14-16-42)20-23(21-35)18-29-33(41-44-34(29)24-9-10-24)27-7-2-3-8-30(27)36(37,38)39/h2-3,7-8,11-12,17,19,23-24,26H,4-6,9-10,13-16,18,20-21H2,1H3. The second-order valence-corrected chi connectivity index (χ2v) is 13.8. The van der Waals surface area contributed by atoms with E-state index in [4.69, 9.17) is 14.2 Å². The topological polar surface area (TPSA) is 51.4 Å². The van der Waals surface area contributed by atoms with Gasteiger partial charge in [0, 0.05) is 53.0 Å². The molecule has 44 heavy (non-hydrogen) atoms. The molecule has 0 radical (unpaired) electrons. The van der Waals surface area contributed by atoms with Crippen LogP contribution in [0.25, 0.3) is 22.2 Å². The minimum absolute atomic E-state index is 0.134. The van der Waals surface area contributed by atoms with E-state index in [0.717, 1.165) is 111 Å². The average Bonchev–Trinajstić information content (AvgIpc) is 3.73. The van der Waals surface area contributed by atoms with E-state index in [2.05, 4.69) is 34.3 Å². The number of aryl methyl sites for hydroxylation is 1. The van der Waals surface area contributed by atoms with E-state index in [9.17, 15) is 13.2 Å². The number of rotatable bonds is 7. The van der Waals surface area contributed by atoms with Gasteiger partial charge in [-0.1, -0.05) is 23.4 Å². The van der Waals surface area contributed by atoms with Crippen LogP contribution >= 0.6 is 0 Å². The van der Waals surface area contributed by atoms with Crippen LogP contribution in [0.2, 0.25) is 0 Å². The highest BCUT2D eigenvalue weighted by Gasteiger charge is 2.47. The fourth-order valence-electron chi connectivity index (χ4n) is 7.85. The van der Waals surface area contributed by atoms with Crippen molar-refractivity contribution >= 4 is 16.6 Å². The highest BCUT2D eigenvalue weighted by atomic mass is 19.4. The van der Waals surface area contributed by atoms with E-state index in [1.807, 2.05) is 6.92 Å². The number of ether oxygens (including phenoxy) is 1. The monoisotopic (exact) mass is 601 g/mol. The smallest absolute Gasteiger partial charge is 0.417 e. The Bertz CT molecular complexity index is 1690. The van der Waals surface area contributed by atoms with E-state index in [-0.39, 0.29) is 5.56 Å². The molecule has 4 fully saturated rings. The van der Waals surface area contributed by atoms with Crippen LogP contribution in [0.15, 0.2) is 53.1 Å². The summed E-state index contributed by atoms with van der Waals surface area (Å²) in [6.45, 7) is 4.03. The van der Waals surface area contributed by atoms with Crippen molar-refractivity contribution in [1.29, 1.82) is 0 Å². The van der Waals surface area contributed by atoms with E-state index in [1.165, 1.54) is 24.2 Å². The second-order valence-electron chi connectivity index (χ2n) is 13.8. The number of anilines is 1. The lowest BCUT2D eigenvalue weighted by Gasteiger charge is -2.53. The zero-order valence-electron chi connectivity index (χ0n) is 25.1. The molecule has 2 aromatic carbocycles. The first kappa shape index (κ1) is 28.0. The minimum Gasteiger partial charge on any atom is -0.490 e. The predicted octanol–water partition coefficient (Wildman–Crippen LogP) is 9.27. The maximum atomic E-state index is 13.9. The Morgan fingerprint density at radius 1 is 1.00 bits per heavy atom. The molecular formula is C36H38F3N3O2. The maximum absolute atomic E-state index is 13.9. The third-order valence-electron chi connectivity index (χ3n) is 10.6. The lowest BCUT2D eigenvalue weighted by Crippen LogP contribution is -2.47. The summed E-state index contributed by atoms with van der Waals surface area (Å²) < 4.78 is 53.8. The molecule has 0 amide bonds. The van der Waals surface area contributed by atoms with Crippen LogP contribution in [0.4, 0.5) is 18.9 Å². The van der Waals surface area contributed by atoms with Crippen molar-refractivity contribution in [2.24, 2.45) is 11.3 Å². The summed E-state index contributed by atoms with van der Waals surface area (Å²) in [7, 11) is 0. The second kappa shape index (κ2) is 10.5. The molecule has 8 heteroatoms. The Labute approximate surface area is 255 Å². The number of aromatic nitrogens is 2. The molecule has 0 unspecified atom stereocenters. The third-order valence-corrected chi connectivity index (χ3v) is 10.6. The van der Waals surface area contributed by atoms with Crippen LogP contribution in [0.3, 0.4) is 0 Å². The number of hydrogen-bond donors (Lipinski definition) is 0. The molecule has 3 heterocycles. The summed E-state index contributed by atoms with van der Waals surface area (Å²) in [5.74, 6) is 2.50. The number of hydrogen-bond acceptors (Lipinski definition) is 5. The number of alkyl halides is 3. The lowest BCUT2D eigenvalue weighted by molar-refractivity contribution is -0.137. The van der Waals surface area contributed by atoms with Gasteiger partial charge in [0.15, 0.2) is 0 Å². The molecule has 4 aromatic rings. The normalized spacial score (nSPS) is 20.6. The van der Waals surface area contributed by atoms with Gasteiger partial charge in [-0.3, -0.25) is 4.98 Å². The zero-order valence-corrected chi connectivity index (χ0v) is 25.1.